The predicted molar refractivity (Wildman–Crippen MR) is 81.3 cm³/mol. The first-order valence-corrected chi connectivity index (χ1v) is 7.10. The van der Waals surface area contributed by atoms with Crippen molar-refractivity contribution in [2.75, 3.05) is 14.2 Å². The van der Waals surface area contributed by atoms with Crippen molar-refractivity contribution in [3.05, 3.63) is 57.8 Å². The van der Waals surface area contributed by atoms with Gasteiger partial charge in [-0.25, -0.2) is 4.39 Å². The molecule has 0 radical (unpaired) electrons. The average molecular weight is 360 g/mol. The summed E-state index contributed by atoms with van der Waals surface area (Å²) in [5, 5.41) is -0.604. The third kappa shape index (κ3) is 3.07. The van der Waals surface area contributed by atoms with Crippen LogP contribution in [0.4, 0.5) is 4.39 Å². The van der Waals surface area contributed by atoms with Crippen LogP contribution < -0.4 is 9.47 Å². The van der Waals surface area contributed by atoms with E-state index in [1.165, 1.54) is 20.3 Å². The van der Waals surface area contributed by atoms with Gasteiger partial charge in [0.1, 0.15) is 5.82 Å². The van der Waals surface area contributed by atoms with E-state index < -0.39 is 11.2 Å². The molecule has 2 nitrogen and oxygen atoms in total. The monoisotopic (exact) mass is 358 g/mol. The highest BCUT2D eigenvalue weighted by Crippen LogP contribution is 2.37. The molecule has 0 aliphatic heterocycles. The van der Waals surface area contributed by atoms with Crippen molar-refractivity contribution in [3.8, 4) is 11.5 Å². The first-order valence-electron chi connectivity index (χ1n) is 5.87. The van der Waals surface area contributed by atoms with Crippen LogP contribution in [-0.4, -0.2) is 14.2 Å². The highest BCUT2D eigenvalue weighted by Gasteiger charge is 2.19. The van der Waals surface area contributed by atoms with E-state index in [9.17, 15) is 4.39 Å². The van der Waals surface area contributed by atoms with Gasteiger partial charge < -0.3 is 9.47 Å². The Hall–Kier alpha value is -1.26. The minimum absolute atomic E-state index is 0.340. The molecule has 0 spiro atoms. The predicted octanol–water partition coefficient (Wildman–Crippen LogP) is 4.93. The van der Waals surface area contributed by atoms with Crippen LogP contribution in [-0.2, 0) is 0 Å². The molecular weight excluding hydrogens is 347 g/mol. The summed E-state index contributed by atoms with van der Waals surface area (Å²) in [6.07, 6.45) is 0. The van der Waals surface area contributed by atoms with Crippen molar-refractivity contribution < 1.29 is 13.9 Å². The topological polar surface area (TPSA) is 18.5 Å². The normalized spacial score (nSPS) is 12.1. The molecule has 0 aromatic heterocycles. The van der Waals surface area contributed by atoms with Gasteiger partial charge in [0.15, 0.2) is 11.5 Å². The minimum Gasteiger partial charge on any atom is -0.493 e. The van der Waals surface area contributed by atoms with E-state index in [-0.39, 0.29) is 0 Å². The molecule has 0 fully saturated rings. The molecule has 0 bridgehead atoms. The Morgan fingerprint density at radius 3 is 2.35 bits per heavy atom. The maximum Gasteiger partial charge on any atom is 0.163 e. The molecule has 0 aliphatic rings. The highest BCUT2D eigenvalue weighted by atomic mass is 79.9. The van der Waals surface area contributed by atoms with Gasteiger partial charge in [-0.1, -0.05) is 28.1 Å². The lowest BCUT2D eigenvalue weighted by Crippen LogP contribution is -2.00. The molecule has 2 rings (SSSR count). The number of halogens is 3. The highest BCUT2D eigenvalue weighted by molar-refractivity contribution is 9.10. The van der Waals surface area contributed by atoms with Crippen molar-refractivity contribution in [2.24, 2.45) is 0 Å². The van der Waals surface area contributed by atoms with Gasteiger partial charge in [0.2, 0.25) is 0 Å². The van der Waals surface area contributed by atoms with Crippen molar-refractivity contribution in [3.63, 3.8) is 0 Å². The van der Waals surface area contributed by atoms with Gasteiger partial charge >= 0.3 is 0 Å². The van der Waals surface area contributed by atoms with Crippen molar-refractivity contribution >= 4 is 27.5 Å². The fraction of sp³-hybridized carbons (Fsp3) is 0.200. The molecule has 2 aromatic rings. The third-order valence-corrected chi connectivity index (χ3v) is 3.90. The Bertz CT molecular complexity index is 619. The maximum atomic E-state index is 14.2. The maximum absolute atomic E-state index is 14.2. The van der Waals surface area contributed by atoms with Crippen LogP contribution in [0.15, 0.2) is 40.9 Å². The molecule has 0 aliphatic carbocycles. The van der Waals surface area contributed by atoms with Crippen LogP contribution >= 0.6 is 27.5 Å². The summed E-state index contributed by atoms with van der Waals surface area (Å²) in [5.41, 5.74) is 1.15. The Morgan fingerprint density at radius 1 is 1.10 bits per heavy atom. The van der Waals surface area contributed by atoms with Crippen LogP contribution in [0.1, 0.15) is 16.5 Å². The Balaban J connectivity index is 2.46. The van der Waals surface area contributed by atoms with E-state index in [1.54, 1.807) is 6.07 Å². The molecule has 20 heavy (non-hydrogen) atoms. The molecule has 0 amide bonds. The van der Waals surface area contributed by atoms with E-state index >= 15 is 0 Å². The van der Waals surface area contributed by atoms with Crippen LogP contribution in [0.3, 0.4) is 0 Å². The van der Waals surface area contributed by atoms with Gasteiger partial charge in [0.25, 0.3) is 0 Å². The van der Waals surface area contributed by atoms with Gasteiger partial charge in [-0.3, -0.25) is 0 Å². The molecule has 0 N–H and O–H groups in total. The Kier molecular flexibility index (Phi) is 4.89. The van der Waals surface area contributed by atoms with Crippen molar-refractivity contribution in [1.29, 1.82) is 0 Å². The van der Waals surface area contributed by atoms with E-state index in [2.05, 4.69) is 15.9 Å². The number of alkyl halides is 1. The minimum atomic E-state index is -0.604. The molecule has 106 valence electrons. The number of hydrogen-bond donors (Lipinski definition) is 0. The standard InChI is InChI=1S/C15H13BrClFO2/c1-19-13-7-11(12(18)8-14(13)20-2)15(17)9-4-3-5-10(16)6-9/h3-8,15H,1-2H3. The van der Waals surface area contributed by atoms with Crippen LogP contribution in [0.5, 0.6) is 11.5 Å². The summed E-state index contributed by atoms with van der Waals surface area (Å²) >= 11 is 9.75. The van der Waals surface area contributed by atoms with E-state index in [1.807, 2.05) is 24.3 Å². The zero-order valence-corrected chi connectivity index (χ0v) is 13.3. The molecule has 0 saturated heterocycles. The molecule has 0 heterocycles. The van der Waals surface area contributed by atoms with E-state index in [0.717, 1.165) is 10.0 Å². The van der Waals surface area contributed by atoms with Gasteiger partial charge in [-0.15, -0.1) is 11.6 Å². The number of ether oxygens (including phenoxy) is 2. The summed E-state index contributed by atoms with van der Waals surface area (Å²) in [4.78, 5) is 0. The molecule has 2 aromatic carbocycles. The van der Waals surface area contributed by atoms with Gasteiger partial charge in [0.05, 0.1) is 19.6 Å². The average Bonchev–Trinajstić information content (AvgIpc) is 2.46. The van der Waals surface area contributed by atoms with E-state index in [4.69, 9.17) is 21.1 Å². The zero-order chi connectivity index (χ0) is 14.7. The molecule has 1 atom stereocenters. The zero-order valence-electron chi connectivity index (χ0n) is 11.0. The number of methoxy groups -OCH3 is 2. The number of hydrogen-bond acceptors (Lipinski definition) is 2. The third-order valence-electron chi connectivity index (χ3n) is 2.92. The fourth-order valence-corrected chi connectivity index (χ4v) is 2.63. The molecule has 5 heteroatoms. The summed E-state index contributed by atoms with van der Waals surface area (Å²) < 4.78 is 25.3. The number of benzene rings is 2. The smallest absolute Gasteiger partial charge is 0.163 e. The lowest BCUT2D eigenvalue weighted by atomic mass is 10.0. The van der Waals surface area contributed by atoms with Crippen LogP contribution in [0.2, 0.25) is 0 Å². The van der Waals surface area contributed by atoms with Crippen molar-refractivity contribution in [2.45, 2.75) is 5.38 Å². The Morgan fingerprint density at radius 2 is 1.75 bits per heavy atom. The lowest BCUT2D eigenvalue weighted by Gasteiger charge is -2.15. The number of rotatable bonds is 4. The van der Waals surface area contributed by atoms with Crippen LogP contribution in [0, 0.1) is 5.82 Å². The quantitative estimate of drug-likeness (QED) is 0.720. The van der Waals surface area contributed by atoms with Crippen LogP contribution in [0.25, 0.3) is 0 Å². The first kappa shape index (κ1) is 15.1. The summed E-state index contributed by atoms with van der Waals surface area (Å²) in [5.74, 6) is 0.360. The molecular formula is C15H13BrClFO2. The van der Waals surface area contributed by atoms with Gasteiger partial charge in [0, 0.05) is 16.1 Å². The first-order chi connectivity index (χ1) is 9.56. The second kappa shape index (κ2) is 6.46. The Labute approximate surface area is 130 Å². The molecule has 0 saturated carbocycles. The van der Waals surface area contributed by atoms with Gasteiger partial charge in [-0.2, -0.15) is 0 Å². The lowest BCUT2D eigenvalue weighted by molar-refractivity contribution is 0.351. The second-order valence-corrected chi connectivity index (χ2v) is 5.50. The largest absolute Gasteiger partial charge is 0.493 e. The van der Waals surface area contributed by atoms with Crippen molar-refractivity contribution in [1.82, 2.24) is 0 Å². The molecule has 1 unspecified atom stereocenters. The summed E-state index contributed by atoms with van der Waals surface area (Å²) in [6.45, 7) is 0. The summed E-state index contributed by atoms with van der Waals surface area (Å²) in [6, 6.07) is 10.3. The van der Waals surface area contributed by atoms with E-state index in [0.29, 0.717) is 17.1 Å². The summed E-state index contributed by atoms with van der Waals surface area (Å²) in [7, 11) is 2.96. The SMILES string of the molecule is COc1cc(F)c(C(Cl)c2cccc(Br)c2)cc1OC. The fourth-order valence-electron chi connectivity index (χ4n) is 1.91. The second-order valence-electron chi connectivity index (χ2n) is 4.15. The van der Waals surface area contributed by atoms with Gasteiger partial charge in [-0.05, 0) is 23.8 Å².